The topological polar surface area (TPSA) is 68.3 Å². The van der Waals surface area contributed by atoms with E-state index in [0.29, 0.717) is 16.4 Å². The lowest BCUT2D eigenvalue weighted by Gasteiger charge is -2.12. The van der Waals surface area contributed by atoms with Crippen LogP contribution < -0.4 is 5.32 Å². The smallest absolute Gasteiger partial charge is 0.331 e. The molecule has 0 aliphatic carbocycles. The lowest BCUT2D eigenvalue weighted by atomic mass is 10.2. The minimum absolute atomic E-state index is 0.428. The molecule has 3 aromatic rings. The summed E-state index contributed by atoms with van der Waals surface area (Å²) in [5, 5.41) is 4.24. The number of rotatable bonds is 5. The van der Waals surface area contributed by atoms with Gasteiger partial charge in [-0.1, -0.05) is 35.9 Å². The van der Waals surface area contributed by atoms with Gasteiger partial charge in [0.15, 0.2) is 6.10 Å². The van der Waals surface area contributed by atoms with Crippen LogP contribution in [0.5, 0.6) is 0 Å². The van der Waals surface area contributed by atoms with Crippen LogP contribution in [0.15, 0.2) is 66.7 Å². The SMILES string of the molecule is CC(OC(=O)/C=C/c1ccc2ccccc2n1)C(=O)Nc1ccc(Cl)cc1. The molecule has 2 aromatic carbocycles. The number of nitrogens with one attached hydrogen (secondary N) is 1. The molecule has 3 rings (SSSR count). The molecule has 27 heavy (non-hydrogen) atoms. The molecule has 0 fully saturated rings. The number of para-hydroxylation sites is 1. The van der Waals surface area contributed by atoms with Crippen molar-refractivity contribution in [3.63, 3.8) is 0 Å². The zero-order valence-electron chi connectivity index (χ0n) is 14.6. The first-order chi connectivity index (χ1) is 13.0. The summed E-state index contributed by atoms with van der Waals surface area (Å²) in [7, 11) is 0. The number of anilines is 1. The number of fused-ring (bicyclic) bond motifs is 1. The Hall–Kier alpha value is -3.18. The van der Waals surface area contributed by atoms with E-state index in [1.54, 1.807) is 30.3 Å². The second-order valence-corrected chi connectivity index (χ2v) is 6.27. The molecule has 0 radical (unpaired) electrons. The van der Waals surface area contributed by atoms with Gasteiger partial charge in [-0.25, -0.2) is 9.78 Å². The van der Waals surface area contributed by atoms with Gasteiger partial charge >= 0.3 is 5.97 Å². The minimum atomic E-state index is -0.942. The van der Waals surface area contributed by atoms with Crippen LogP contribution in [0.25, 0.3) is 17.0 Å². The molecule has 1 unspecified atom stereocenters. The molecule has 1 atom stereocenters. The number of pyridine rings is 1. The van der Waals surface area contributed by atoms with Gasteiger partial charge in [-0.05, 0) is 49.4 Å². The van der Waals surface area contributed by atoms with E-state index < -0.39 is 18.0 Å². The molecule has 1 N–H and O–H groups in total. The number of halogens is 1. The maximum Gasteiger partial charge on any atom is 0.331 e. The highest BCUT2D eigenvalue weighted by atomic mass is 35.5. The van der Waals surface area contributed by atoms with Crippen LogP contribution in [-0.4, -0.2) is 23.0 Å². The number of benzene rings is 2. The van der Waals surface area contributed by atoms with Gasteiger partial charge in [0.2, 0.25) is 0 Å². The molecule has 5 nitrogen and oxygen atoms in total. The van der Waals surface area contributed by atoms with E-state index in [2.05, 4.69) is 10.3 Å². The van der Waals surface area contributed by atoms with E-state index in [0.717, 1.165) is 10.9 Å². The van der Waals surface area contributed by atoms with Crippen LogP contribution in [0.1, 0.15) is 12.6 Å². The first-order valence-electron chi connectivity index (χ1n) is 8.32. The second-order valence-electron chi connectivity index (χ2n) is 5.84. The predicted molar refractivity (Wildman–Crippen MR) is 106 cm³/mol. The first-order valence-corrected chi connectivity index (χ1v) is 8.70. The zero-order valence-corrected chi connectivity index (χ0v) is 15.3. The van der Waals surface area contributed by atoms with Crippen molar-refractivity contribution in [1.29, 1.82) is 0 Å². The molecule has 0 bridgehead atoms. The largest absolute Gasteiger partial charge is 0.449 e. The van der Waals surface area contributed by atoms with Crippen molar-refractivity contribution in [3.8, 4) is 0 Å². The van der Waals surface area contributed by atoms with Crippen LogP contribution in [-0.2, 0) is 14.3 Å². The van der Waals surface area contributed by atoms with Gasteiger partial charge in [0, 0.05) is 22.2 Å². The molecule has 0 aliphatic heterocycles. The number of hydrogen-bond donors (Lipinski definition) is 1. The van der Waals surface area contributed by atoms with E-state index in [1.165, 1.54) is 13.0 Å². The molecule has 1 heterocycles. The Bertz CT molecular complexity index is 1000. The Morgan fingerprint density at radius 2 is 1.81 bits per heavy atom. The third-order valence-corrected chi connectivity index (χ3v) is 4.04. The highest BCUT2D eigenvalue weighted by Gasteiger charge is 2.16. The standard InChI is InChI=1S/C21H17ClN2O3/c1-14(21(26)24-18-10-7-16(22)8-11-18)27-20(25)13-12-17-9-6-15-4-2-3-5-19(15)23-17/h2-14H,1H3,(H,24,26)/b13-12+. The molecule has 0 aliphatic rings. The molecular weight excluding hydrogens is 364 g/mol. The summed E-state index contributed by atoms with van der Waals surface area (Å²) in [5.74, 6) is -1.05. The zero-order chi connectivity index (χ0) is 19.2. The van der Waals surface area contributed by atoms with Gasteiger partial charge in [-0.2, -0.15) is 0 Å². The van der Waals surface area contributed by atoms with Gasteiger partial charge in [0.1, 0.15) is 0 Å². The summed E-state index contributed by atoms with van der Waals surface area (Å²) in [4.78, 5) is 28.5. The van der Waals surface area contributed by atoms with Crippen LogP contribution in [0.2, 0.25) is 5.02 Å². The van der Waals surface area contributed by atoms with E-state index in [9.17, 15) is 9.59 Å². The fourth-order valence-electron chi connectivity index (χ4n) is 2.37. The van der Waals surface area contributed by atoms with Crippen LogP contribution in [0.4, 0.5) is 5.69 Å². The van der Waals surface area contributed by atoms with Crippen molar-refractivity contribution in [3.05, 3.63) is 77.5 Å². The van der Waals surface area contributed by atoms with Gasteiger partial charge in [-0.15, -0.1) is 0 Å². The Morgan fingerprint density at radius 3 is 2.59 bits per heavy atom. The monoisotopic (exact) mass is 380 g/mol. The summed E-state index contributed by atoms with van der Waals surface area (Å²) in [6, 6.07) is 18.1. The Kier molecular flexibility index (Phi) is 5.84. The summed E-state index contributed by atoms with van der Waals surface area (Å²) in [5.41, 5.74) is 2.04. The highest BCUT2D eigenvalue weighted by Crippen LogP contribution is 2.14. The van der Waals surface area contributed by atoms with E-state index >= 15 is 0 Å². The number of nitrogens with zero attached hydrogens (tertiary/aromatic N) is 1. The fourth-order valence-corrected chi connectivity index (χ4v) is 2.50. The third kappa shape index (κ3) is 5.15. The Balaban J connectivity index is 1.57. The van der Waals surface area contributed by atoms with Gasteiger partial charge < -0.3 is 10.1 Å². The number of ether oxygens (including phenoxy) is 1. The first kappa shape index (κ1) is 18.6. The number of amides is 1. The molecule has 6 heteroatoms. The number of carbonyl (C=O) groups excluding carboxylic acids is 2. The Labute approximate surface area is 161 Å². The van der Waals surface area contributed by atoms with Gasteiger partial charge in [0.25, 0.3) is 5.91 Å². The summed E-state index contributed by atoms with van der Waals surface area (Å²) < 4.78 is 5.13. The van der Waals surface area contributed by atoms with Crippen molar-refractivity contribution >= 4 is 46.1 Å². The van der Waals surface area contributed by atoms with E-state index in [-0.39, 0.29) is 0 Å². The number of aromatic nitrogens is 1. The summed E-state index contributed by atoms with van der Waals surface area (Å²) in [6.07, 6.45) is 1.87. The van der Waals surface area contributed by atoms with Crippen LogP contribution >= 0.6 is 11.6 Å². The number of carbonyl (C=O) groups is 2. The maximum absolute atomic E-state index is 12.1. The van der Waals surface area contributed by atoms with Gasteiger partial charge in [-0.3, -0.25) is 4.79 Å². The van der Waals surface area contributed by atoms with E-state index in [1.807, 2.05) is 36.4 Å². The minimum Gasteiger partial charge on any atom is -0.449 e. The lowest BCUT2D eigenvalue weighted by Crippen LogP contribution is -2.29. The fraction of sp³-hybridized carbons (Fsp3) is 0.0952. The van der Waals surface area contributed by atoms with E-state index in [4.69, 9.17) is 16.3 Å². The molecule has 0 saturated heterocycles. The molecule has 136 valence electrons. The quantitative estimate of drug-likeness (QED) is 0.523. The molecule has 1 aromatic heterocycles. The maximum atomic E-state index is 12.1. The molecule has 0 spiro atoms. The van der Waals surface area contributed by atoms with Crippen molar-refractivity contribution in [2.24, 2.45) is 0 Å². The van der Waals surface area contributed by atoms with Crippen molar-refractivity contribution in [2.75, 3.05) is 5.32 Å². The number of hydrogen-bond acceptors (Lipinski definition) is 4. The van der Waals surface area contributed by atoms with Crippen LogP contribution in [0.3, 0.4) is 0 Å². The average molecular weight is 381 g/mol. The molecule has 0 saturated carbocycles. The number of esters is 1. The van der Waals surface area contributed by atoms with Gasteiger partial charge in [0.05, 0.1) is 11.2 Å². The third-order valence-electron chi connectivity index (χ3n) is 3.78. The molecule has 1 amide bonds. The Morgan fingerprint density at radius 1 is 1.07 bits per heavy atom. The molecular formula is C21H17ClN2O3. The van der Waals surface area contributed by atoms with Crippen molar-refractivity contribution < 1.29 is 14.3 Å². The normalized spacial score (nSPS) is 12.1. The highest BCUT2D eigenvalue weighted by molar-refractivity contribution is 6.30. The summed E-state index contributed by atoms with van der Waals surface area (Å²) in [6.45, 7) is 1.51. The second kappa shape index (κ2) is 8.47. The summed E-state index contributed by atoms with van der Waals surface area (Å²) >= 11 is 5.80. The predicted octanol–water partition coefficient (Wildman–Crippen LogP) is 4.47. The lowest BCUT2D eigenvalue weighted by molar-refractivity contribution is -0.148. The average Bonchev–Trinajstić information content (AvgIpc) is 2.68. The van der Waals surface area contributed by atoms with Crippen molar-refractivity contribution in [1.82, 2.24) is 4.98 Å². The van der Waals surface area contributed by atoms with Crippen LogP contribution in [0, 0.1) is 0 Å². The van der Waals surface area contributed by atoms with Crippen molar-refractivity contribution in [2.45, 2.75) is 13.0 Å².